The summed E-state index contributed by atoms with van der Waals surface area (Å²) in [6.45, 7) is 0. The highest BCUT2D eigenvalue weighted by Crippen LogP contribution is 2.68. The minimum absolute atomic E-state index is 0.529. The second-order valence-electron chi connectivity index (χ2n) is 35.0. The van der Waals surface area contributed by atoms with Crippen molar-refractivity contribution < 1.29 is 0 Å². The highest BCUT2D eigenvalue weighted by molar-refractivity contribution is 6.00. The number of para-hydroxylation sites is 1. The van der Waals surface area contributed by atoms with E-state index in [1.165, 1.54) is 167 Å². The Hall–Kier alpha value is -16.8. The maximum Gasteiger partial charge on any atom is 0.0720 e. The second kappa shape index (κ2) is 32.8. The van der Waals surface area contributed by atoms with Crippen LogP contribution in [-0.2, 0) is 21.7 Å². The van der Waals surface area contributed by atoms with Gasteiger partial charge in [0, 0.05) is 34.1 Å². The van der Waals surface area contributed by atoms with E-state index in [0.717, 1.165) is 34.1 Å². The molecule has 0 bridgehead atoms. The van der Waals surface area contributed by atoms with Gasteiger partial charge in [-0.25, -0.2) is 0 Å². The molecule has 0 amide bonds. The molecule has 0 unspecified atom stereocenters. The van der Waals surface area contributed by atoms with E-state index in [2.05, 4.69) is 556 Å². The van der Waals surface area contributed by atoms with Crippen LogP contribution < -0.4 is 9.80 Å². The Kier molecular flexibility index (Phi) is 19.6. The normalized spacial score (nSPS) is 13.5. The van der Waals surface area contributed by atoms with E-state index >= 15 is 0 Å². The first-order valence-electron chi connectivity index (χ1n) is 45.9. The van der Waals surface area contributed by atoms with Crippen molar-refractivity contribution in [1.82, 2.24) is 0 Å². The Morgan fingerprint density at radius 3 is 0.538 bits per heavy atom. The molecular weight excluding hydrogens is 1590 g/mol. The summed E-state index contributed by atoms with van der Waals surface area (Å²) in [4.78, 5) is 4.72. The third-order valence-corrected chi connectivity index (χ3v) is 28.5. The lowest BCUT2D eigenvalue weighted by Gasteiger charge is -2.50. The fourth-order valence-electron chi connectivity index (χ4n) is 23.1. The van der Waals surface area contributed by atoms with Crippen LogP contribution in [0.5, 0.6) is 0 Å². The number of hydrogen-bond acceptors (Lipinski definition) is 2. The Labute approximate surface area is 773 Å². The number of anilines is 6. The number of hydrogen-bond donors (Lipinski definition) is 0. The van der Waals surface area contributed by atoms with Gasteiger partial charge in [0.15, 0.2) is 0 Å². The van der Waals surface area contributed by atoms with Gasteiger partial charge in [-0.15, -0.1) is 0 Å². The van der Waals surface area contributed by atoms with Gasteiger partial charge in [0.25, 0.3) is 0 Å². The average molecular weight is 1680 g/mol. The molecule has 21 aromatic carbocycles. The number of rotatable bonds is 15. The van der Waals surface area contributed by atoms with Crippen LogP contribution >= 0.6 is 0 Å². The molecule has 0 heterocycles. The first kappa shape index (κ1) is 78.7. The molecule has 25 rings (SSSR count). The molecule has 620 valence electrons. The lowest BCUT2D eigenvalue weighted by molar-refractivity contribution is 0.623. The first-order valence-corrected chi connectivity index (χ1v) is 45.9. The van der Waals surface area contributed by atoms with Crippen molar-refractivity contribution in [1.29, 1.82) is 0 Å². The molecule has 0 saturated heterocycles. The summed E-state index contributed by atoms with van der Waals surface area (Å²) in [7, 11) is 0. The fourth-order valence-corrected chi connectivity index (χ4v) is 23.1. The highest BCUT2D eigenvalue weighted by Gasteiger charge is 2.59. The van der Waals surface area contributed by atoms with Gasteiger partial charge in [-0.05, 0) is 240 Å². The Bertz CT molecular complexity index is 7540. The van der Waals surface area contributed by atoms with Gasteiger partial charge in [-0.3, -0.25) is 0 Å². The molecule has 0 aliphatic heterocycles. The molecule has 0 N–H and O–H groups in total. The van der Waals surface area contributed by atoms with Gasteiger partial charge >= 0.3 is 0 Å². The van der Waals surface area contributed by atoms with E-state index in [1.54, 1.807) is 0 Å². The number of benzene rings is 21. The molecular formula is C130H90N2. The molecule has 2 heteroatoms. The monoisotopic (exact) mass is 1680 g/mol. The molecule has 2 nitrogen and oxygen atoms in total. The van der Waals surface area contributed by atoms with Crippen molar-refractivity contribution in [2.24, 2.45) is 0 Å². The summed E-state index contributed by atoms with van der Waals surface area (Å²) in [5.41, 5.74) is 42.6. The summed E-state index contributed by atoms with van der Waals surface area (Å²) in [5.74, 6) is 0. The van der Waals surface area contributed by atoms with Gasteiger partial charge in [0.1, 0.15) is 0 Å². The molecule has 0 fully saturated rings. The van der Waals surface area contributed by atoms with E-state index in [1.807, 2.05) is 0 Å². The molecule has 0 radical (unpaired) electrons. The topological polar surface area (TPSA) is 6.48 Å². The summed E-state index contributed by atoms with van der Waals surface area (Å²) < 4.78 is 0. The number of nitrogens with zero attached hydrogens (tertiary/aromatic N) is 2. The minimum atomic E-state index is -0.559. The van der Waals surface area contributed by atoms with E-state index < -0.39 is 21.7 Å². The Balaban J connectivity index is 0.000000146. The smallest absolute Gasteiger partial charge is 0.0720 e. The summed E-state index contributed by atoms with van der Waals surface area (Å²) in [5, 5.41) is 0. The highest BCUT2D eigenvalue weighted by atomic mass is 15.1. The second-order valence-corrected chi connectivity index (χ2v) is 35.0. The SMILES string of the molecule is c1ccc(-c2ccc(N(c3ccc(-c4ccccc4)cc3)c3ccc(-c4cccc5c4-c4ccccc4C54c5ccccc5C(c5ccccc5)(c5ccccc5)c5ccccc54)cc3)cc2)cc1.c1ccc(-c2ccc(N(c3ccccc3)c3ccc(-c4cccc5c4-c4ccccc4C54c5ccccc5C(c5ccccc5)(c5ccccc5)c5ccccc54)cc3)cc2)cc1. The largest absolute Gasteiger partial charge is 0.311 e. The van der Waals surface area contributed by atoms with Gasteiger partial charge in [-0.2, -0.15) is 0 Å². The molecule has 0 aromatic heterocycles. The molecule has 4 aliphatic carbocycles. The molecule has 0 saturated carbocycles. The van der Waals surface area contributed by atoms with Crippen LogP contribution in [0.25, 0.3) is 77.9 Å². The van der Waals surface area contributed by atoms with Crippen LogP contribution in [0, 0.1) is 0 Å². The predicted octanol–water partition coefficient (Wildman–Crippen LogP) is 32.8. The third kappa shape index (κ3) is 12.4. The van der Waals surface area contributed by atoms with E-state index in [4.69, 9.17) is 0 Å². The van der Waals surface area contributed by atoms with Crippen molar-refractivity contribution in [2.75, 3.05) is 9.80 Å². The standard InChI is InChI=1S/C68H47N.C62H43N/c1-5-20-48(21-6-1)50-36-42-55(43-37-50)69(56-44-38-51(39-45-56)49-22-7-2-8-23-49)57-46-40-52(41-47-57)58-29-19-35-65-66(58)59-28-13-14-30-60(59)68(65)63-33-17-15-31-61(63)67(53-24-9-3-10-25-53,54-26-11-4-12-27-54)62-32-16-18-34-64(62)68;1-5-20-44(21-6-1)45-36-40-50(41-37-45)63(49-26-11-4-12-27-49)51-42-38-46(39-43-51)52-29-19-35-59-60(52)53-28-13-14-30-54(53)62(59)57-33-17-15-31-55(57)61(47-22-7-2-8-23-47,48-24-9-3-10-25-48)56-32-16-18-34-58(56)62/h1-47H;1-43H. The molecule has 21 aromatic rings. The van der Waals surface area contributed by atoms with Gasteiger partial charge in [0.05, 0.1) is 21.7 Å². The van der Waals surface area contributed by atoms with Gasteiger partial charge < -0.3 is 9.80 Å². The minimum Gasteiger partial charge on any atom is -0.311 e. The molecule has 2 spiro atoms. The van der Waals surface area contributed by atoms with Crippen molar-refractivity contribution in [3.05, 3.63) is 635 Å². The first-order chi connectivity index (χ1) is 65.5. The molecule has 132 heavy (non-hydrogen) atoms. The lowest BCUT2D eigenvalue weighted by Crippen LogP contribution is -2.44. The van der Waals surface area contributed by atoms with Crippen LogP contribution in [0.1, 0.15) is 89.0 Å². The van der Waals surface area contributed by atoms with Crippen LogP contribution in [0.15, 0.2) is 546 Å². The van der Waals surface area contributed by atoms with Crippen molar-refractivity contribution >= 4 is 34.1 Å². The predicted molar refractivity (Wildman–Crippen MR) is 548 cm³/mol. The van der Waals surface area contributed by atoms with Crippen LogP contribution in [0.4, 0.5) is 34.1 Å². The van der Waals surface area contributed by atoms with Crippen molar-refractivity contribution in [2.45, 2.75) is 21.7 Å². The van der Waals surface area contributed by atoms with E-state index in [-0.39, 0.29) is 0 Å². The van der Waals surface area contributed by atoms with Crippen LogP contribution in [-0.4, -0.2) is 0 Å². The zero-order chi connectivity index (χ0) is 87.6. The quantitative estimate of drug-likeness (QED) is 0.101. The Morgan fingerprint density at radius 1 is 0.106 bits per heavy atom. The zero-order valence-electron chi connectivity index (χ0n) is 72.9. The summed E-state index contributed by atoms with van der Waals surface area (Å²) in [6, 6.07) is 202. The van der Waals surface area contributed by atoms with Gasteiger partial charge in [-0.1, -0.05) is 473 Å². The van der Waals surface area contributed by atoms with E-state index in [9.17, 15) is 0 Å². The maximum atomic E-state index is 2.41. The van der Waals surface area contributed by atoms with Crippen molar-refractivity contribution in [3.8, 4) is 77.9 Å². The number of fused-ring (bicyclic) bond motifs is 18. The maximum absolute atomic E-state index is 2.41. The molecule has 0 atom stereocenters. The van der Waals surface area contributed by atoms with Crippen LogP contribution in [0.2, 0.25) is 0 Å². The zero-order valence-corrected chi connectivity index (χ0v) is 72.9. The van der Waals surface area contributed by atoms with Gasteiger partial charge in [0.2, 0.25) is 0 Å². The summed E-state index contributed by atoms with van der Waals surface area (Å²) >= 11 is 0. The summed E-state index contributed by atoms with van der Waals surface area (Å²) in [6.07, 6.45) is 0. The van der Waals surface area contributed by atoms with E-state index in [0.29, 0.717) is 0 Å². The van der Waals surface area contributed by atoms with Crippen molar-refractivity contribution in [3.63, 3.8) is 0 Å². The average Bonchev–Trinajstić information content (AvgIpc) is 1.44. The van der Waals surface area contributed by atoms with Crippen LogP contribution in [0.3, 0.4) is 0 Å². The molecule has 4 aliphatic rings. The fraction of sp³-hybridized carbons (Fsp3) is 0.0308. The Morgan fingerprint density at radius 2 is 0.280 bits per heavy atom. The lowest BCUT2D eigenvalue weighted by atomic mass is 9.51. The third-order valence-electron chi connectivity index (χ3n) is 28.5.